The molecule has 0 amide bonds. The molecule has 0 aromatic rings. The van der Waals surface area contributed by atoms with Gasteiger partial charge in [-0.05, 0) is 27.7 Å². The third-order valence-electron chi connectivity index (χ3n) is 1.86. The molecule has 1 heterocycles. The van der Waals surface area contributed by atoms with Gasteiger partial charge >= 0.3 is 5.97 Å². The first kappa shape index (κ1) is 10.3. The lowest BCUT2D eigenvalue weighted by Crippen LogP contribution is -2.48. The summed E-state index contributed by atoms with van der Waals surface area (Å²) in [5.41, 5.74) is -1.05. The second kappa shape index (κ2) is 3.14. The Morgan fingerprint density at radius 3 is 2.54 bits per heavy atom. The molecule has 0 bridgehead atoms. The summed E-state index contributed by atoms with van der Waals surface area (Å²) in [6, 6.07) is 0. The minimum Gasteiger partial charge on any atom is -0.458 e. The van der Waals surface area contributed by atoms with E-state index in [1.165, 1.54) is 0 Å². The molecule has 13 heavy (non-hydrogen) atoms. The van der Waals surface area contributed by atoms with Gasteiger partial charge in [-0.1, -0.05) is 12.2 Å². The second-order valence-electron chi connectivity index (χ2n) is 4.49. The molecule has 1 unspecified atom stereocenters. The van der Waals surface area contributed by atoms with Crippen LogP contribution in [0.1, 0.15) is 27.7 Å². The fourth-order valence-electron chi connectivity index (χ4n) is 1.15. The van der Waals surface area contributed by atoms with Crippen molar-refractivity contribution >= 4 is 5.97 Å². The molecule has 1 rings (SSSR count). The zero-order chi connectivity index (χ0) is 10.1. The molecule has 3 heteroatoms. The molecule has 0 spiro atoms. The Morgan fingerprint density at radius 1 is 1.54 bits per heavy atom. The van der Waals surface area contributed by atoms with Crippen molar-refractivity contribution in [2.45, 2.75) is 38.8 Å². The maximum Gasteiger partial charge on any atom is 0.330 e. The maximum absolute atomic E-state index is 11.6. The first-order valence-corrected chi connectivity index (χ1v) is 4.50. The monoisotopic (exact) mass is 183 g/mol. The van der Waals surface area contributed by atoms with E-state index in [9.17, 15) is 4.79 Å². The highest BCUT2D eigenvalue weighted by Crippen LogP contribution is 2.17. The highest BCUT2D eigenvalue weighted by atomic mass is 16.6. The average Bonchev–Trinajstić information content (AvgIpc) is 2.33. The lowest BCUT2D eigenvalue weighted by molar-refractivity contribution is -0.160. The van der Waals surface area contributed by atoms with Crippen LogP contribution in [0.4, 0.5) is 0 Å². The van der Waals surface area contributed by atoms with Gasteiger partial charge in [0.1, 0.15) is 11.1 Å². The number of carbonyl (C=O) groups excluding carboxylic acids is 1. The Bertz CT molecular complexity index is 240. The standard InChI is InChI=1S/C10H17NO2/c1-9(2,3)13-8(12)10(4)6-5-7-11-10/h5-6,11H,7H2,1-4H3. The fourth-order valence-corrected chi connectivity index (χ4v) is 1.15. The predicted molar refractivity (Wildman–Crippen MR) is 51.4 cm³/mol. The summed E-state index contributed by atoms with van der Waals surface area (Å²) in [5, 5.41) is 3.07. The van der Waals surface area contributed by atoms with Crippen LogP contribution in [0.3, 0.4) is 0 Å². The molecule has 1 aliphatic heterocycles. The predicted octanol–water partition coefficient (Wildman–Crippen LogP) is 1.25. The van der Waals surface area contributed by atoms with Crippen LogP contribution in [-0.2, 0) is 9.53 Å². The minimum atomic E-state index is -0.632. The number of hydrogen-bond acceptors (Lipinski definition) is 3. The van der Waals surface area contributed by atoms with E-state index in [1.54, 1.807) is 0 Å². The second-order valence-corrected chi connectivity index (χ2v) is 4.49. The van der Waals surface area contributed by atoms with E-state index in [0.29, 0.717) is 0 Å². The Labute approximate surface area is 79.2 Å². The van der Waals surface area contributed by atoms with E-state index >= 15 is 0 Å². The van der Waals surface area contributed by atoms with Crippen molar-refractivity contribution < 1.29 is 9.53 Å². The van der Waals surface area contributed by atoms with Crippen LogP contribution < -0.4 is 5.32 Å². The Hall–Kier alpha value is -0.830. The van der Waals surface area contributed by atoms with Crippen LogP contribution in [0.15, 0.2) is 12.2 Å². The lowest BCUT2D eigenvalue weighted by Gasteiger charge is -2.27. The molecular formula is C10H17NO2. The van der Waals surface area contributed by atoms with Gasteiger partial charge < -0.3 is 4.74 Å². The molecule has 3 nitrogen and oxygen atoms in total. The molecule has 0 aliphatic carbocycles. The summed E-state index contributed by atoms with van der Waals surface area (Å²) in [5.74, 6) is -0.214. The number of nitrogens with one attached hydrogen (secondary N) is 1. The largest absolute Gasteiger partial charge is 0.458 e. The molecule has 0 saturated carbocycles. The summed E-state index contributed by atoms with van der Waals surface area (Å²) in [6.45, 7) is 8.16. The average molecular weight is 183 g/mol. The smallest absolute Gasteiger partial charge is 0.330 e. The first-order chi connectivity index (χ1) is 5.83. The first-order valence-electron chi connectivity index (χ1n) is 4.50. The highest BCUT2D eigenvalue weighted by molar-refractivity contribution is 5.83. The molecule has 0 aromatic heterocycles. The van der Waals surface area contributed by atoms with Crippen molar-refractivity contribution in [2.75, 3.05) is 6.54 Å². The quantitative estimate of drug-likeness (QED) is 0.491. The Kier molecular flexibility index (Phi) is 2.48. The van der Waals surface area contributed by atoms with Crippen molar-refractivity contribution in [3.8, 4) is 0 Å². The van der Waals surface area contributed by atoms with Crippen LogP contribution in [0, 0.1) is 0 Å². The molecule has 0 saturated heterocycles. The van der Waals surface area contributed by atoms with Crippen molar-refractivity contribution in [2.24, 2.45) is 0 Å². The normalized spacial score (nSPS) is 27.7. The molecule has 0 radical (unpaired) electrons. The van der Waals surface area contributed by atoms with Crippen LogP contribution >= 0.6 is 0 Å². The van der Waals surface area contributed by atoms with Gasteiger partial charge in [-0.2, -0.15) is 0 Å². The third kappa shape index (κ3) is 2.56. The number of esters is 1. The van der Waals surface area contributed by atoms with Crippen molar-refractivity contribution in [3.63, 3.8) is 0 Å². The maximum atomic E-state index is 11.6. The van der Waals surface area contributed by atoms with Crippen LogP contribution in [0.25, 0.3) is 0 Å². The summed E-state index contributed by atoms with van der Waals surface area (Å²) in [6.07, 6.45) is 3.78. The molecule has 1 atom stereocenters. The van der Waals surface area contributed by atoms with E-state index in [4.69, 9.17) is 4.74 Å². The zero-order valence-electron chi connectivity index (χ0n) is 8.68. The van der Waals surface area contributed by atoms with E-state index < -0.39 is 11.1 Å². The third-order valence-corrected chi connectivity index (χ3v) is 1.86. The van der Waals surface area contributed by atoms with Gasteiger partial charge in [0, 0.05) is 6.54 Å². The van der Waals surface area contributed by atoms with Gasteiger partial charge in [-0.3, -0.25) is 5.32 Å². The molecule has 1 aliphatic rings. The summed E-state index contributed by atoms with van der Waals surface area (Å²) < 4.78 is 5.27. The molecule has 0 aromatic carbocycles. The molecule has 0 fully saturated rings. The number of carbonyl (C=O) groups is 1. The van der Waals surface area contributed by atoms with E-state index in [-0.39, 0.29) is 5.97 Å². The topological polar surface area (TPSA) is 38.3 Å². The van der Waals surface area contributed by atoms with E-state index in [2.05, 4.69) is 5.32 Å². The highest BCUT2D eigenvalue weighted by Gasteiger charge is 2.36. The molecule has 74 valence electrons. The van der Waals surface area contributed by atoms with Crippen LogP contribution in [0.2, 0.25) is 0 Å². The summed E-state index contributed by atoms with van der Waals surface area (Å²) >= 11 is 0. The number of hydrogen-bond donors (Lipinski definition) is 1. The Morgan fingerprint density at radius 2 is 2.15 bits per heavy atom. The van der Waals surface area contributed by atoms with Gasteiger partial charge in [0.2, 0.25) is 0 Å². The lowest BCUT2D eigenvalue weighted by atomic mass is 10.0. The van der Waals surface area contributed by atoms with Crippen molar-refractivity contribution in [1.82, 2.24) is 5.32 Å². The van der Waals surface area contributed by atoms with Crippen LogP contribution in [-0.4, -0.2) is 23.7 Å². The van der Waals surface area contributed by atoms with Crippen molar-refractivity contribution in [3.05, 3.63) is 12.2 Å². The zero-order valence-corrected chi connectivity index (χ0v) is 8.68. The van der Waals surface area contributed by atoms with Crippen molar-refractivity contribution in [1.29, 1.82) is 0 Å². The summed E-state index contributed by atoms with van der Waals surface area (Å²) in [4.78, 5) is 11.6. The van der Waals surface area contributed by atoms with Gasteiger partial charge in [-0.15, -0.1) is 0 Å². The fraction of sp³-hybridized carbons (Fsp3) is 0.700. The van der Waals surface area contributed by atoms with Gasteiger partial charge in [0.25, 0.3) is 0 Å². The van der Waals surface area contributed by atoms with Crippen LogP contribution in [0.5, 0.6) is 0 Å². The van der Waals surface area contributed by atoms with E-state index in [1.807, 2.05) is 39.8 Å². The number of ether oxygens (including phenoxy) is 1. The SMILES string of the molecule is CC(C)(C)OC(=O)C1(C)C=CCN1. The van der Waals surface area contributed by atoms with Gasteiger partial charge in [0.05, 0.1) is 0 Å². The summed E-state index contributed by atoms with van der Waals surface area (Å²) in [7, 11) is 0. The molecular weight excluding hydrogens is 166 g/mol. The molecule has 1 N–H and O–H groups in total. The number of rotatable bonds is 1. The Balaban J connectivity index is 2.63. The van der Waals surface area contributed by atoms with E-state index in [0.717, 1.165) is 6.54 Å². The minimum absolute atomic E-state index is 0.214. The van der Waals surface area contributed by atoms with Gasteiger partial charge in [0.15, 0.2) is 0 Å². The van der Waals surface area contributed by atoms with Gasteiger partial charge in [-0.25, -0.2) is 4.79 Å².